The topological polar surface area (TPSA) is 45.1 Å². The zero-order valence-electron chi connectivity index (χ0n) is 10.7. The van der Waals surface area contributed by atoms with E-state index in [4.69, 9.17) is 0 Å². The van der Waals surface area contributed by atoms with Gasteiger partial charge in [0.1, 0.15) is 5.82 Å². The maximum atomic E-state index is 9.65. The Bertz CT molecular complexity index is 353. The Morgan fingerprint density at radius 2 is 2.12 bits per heavy atom. The van der Waals surface area contributed by atoms with Gasteiger partial charge >= 0.3 is 0 Å². The zero-order chi connectivity index (χ0) is 12.3. The number of rotatable bonds is 3. The summed E-state index contributed by atoms with van der Waals surface area (Å²) < 4.78 is 0. The van der Waals surface area contributed by atoms with E-state index in [1.165, 1.54) is 12.8 Å². The molecule has 0 atom stereocenters. The summed E-state index contributed by atoms with van der Waals surface area (Å²) in [4.78, 5) is 4.36. The van der Waals surface area contributed by atoms with Crippen molar-refractivity contribution in [2.75, 3.05) is 11.9 Å². The number of hydrogen-bond acceptors (Lipinski definition) is 3. The fourth-order valence-electron chi connectivity index (χ4n) is 2.45. The molecule has 2 rings (SSSR count). The molecular formula is C14H22N2O. The first-order chi connectivity index (χ1) is 8.13. The van der Waals surface area contributed by atoms with Gasteiger partial charge in [0.25, 0.3) is 0 Å². The van der Waals surface area contributed by atoms with Crippen molar-refractivity contribution in [3.8, 4) is 0 Å². The average molecular weight is 234 g/mol. The van der Waals surface area contributed by atoms with Crippen LogP contribution in [-0.2, 0) is 0 Å². The molecule has 2 N–H and O–H groups in total. The lowest BCUT2D eigenvalue weighted by atomic mass is 9.77. The van der Waals surface area contributed by atoms with E-state index in [-0.39, 0.29) is 12.1 Å². The second-order valence-corrected chi connectivity index (χ2v) is 5.47. The molecule has 1 aromatic heterocycles. The van der Waals surface area contributed by atoms with E-state index < -0.39 is 0 Å². The number of nitrogens with one attached hydrogen (secondary N) is 1. The van der Waals surface area contributed by atoms with Crippen molar-refractivity contribution < 1.29 is 5.11 Å². The lowest BCUT2D eigenvalue weighted by Crippen LogP contribution is -2.45. The molecule has 0 saturated heterocycles. The number of aliphatic hydroxyl groups excluding tert-OH is 1. The normalized spacial score (nSPS) is 29.0. The minimum absolute atomic E-state index is 0.158. The predicted octanol–water partition coefficient (Wildman–Crippen LogP) is 2.74. The molecule has 0 unspecified atom stereocenters. The lowest BCUT2D eigenvalue weighted by Gasteiger charge is -2.39. The highest BCUT2D eigenvalue weighted by molar-refractivity contribution is 5.38. The van der Waals surface area contributed by atoms with E-state index in [0.717, 1.165) is 30.1 Å². The van der Waals surface area contributed by atoms with Gasteiger partial charge in [0.15, 0.2) is 0 Å². The van der Waals surface area contributed by atoms with E-state index in [2.05, 4.69) is 17.2 Å². The van der Waals surface area contributed by atoms with Gasteiger partial charge in [0, 0.05) is 6.20 Å². The quantitative estimate of drug-likeness (QED) is 0.845. The molecule has 0 amide bonds. The third kappa shape index (κ3) is 2.97. The van der Waals surface area contributed by atoms with Gasteiger partial charge in [0.2, 0.25) is 0 Å². The number of anilines is 1. The van der Waals surface area contributed by atoms with Gasteiger partial charge in [-0.3, -0.25) is 0 Å². The highest BCUT2D eigenvalue weighted by Gasteiger charge is 2.33. The number of aliphatic hydroxyl groups is 1. The Hall–Kier alpha value is -1.09. The van der Waals surface area contributed by atoms with Crippen LogP contribution in [0.1, 0.15) is 38.2 Å². The molecule has 1 heterocycles. The number of aryl methyl sites for hydroxylation is 1. The van der Waals surface area contributed by atoms with Crippen LogP contribution in [0.3, 0.4) is 0 Å². The molecule has 1 saturated carbocycles. The van der Waals surface area contributed by atoms with E-state index in [1.54, 1.807) is 0 Å². The molecule has 0 radical (unpaired) electrons. The number of hydrogen-bond donors (Lipinski definition) is 2. The third-order valence-corrected chi connectivity index (χ3v) is 3.84. The molecule has 0 spiro atoms. The highest BCUT2D eigenvalue weighted by Crippen LogP contribution is 2.33. The van der Waals surface area contributed by atoms with Gasteiger partial charge in [-0.05, 0) is 50.2 Å². The minimum Gasteiger partial charge on any atom is -0.394 e. The Kier molecular flexibility index (Phi) is 3.67. The summed E-state index contributed by atoms with van der Waals surface area (Å²) in [5.41, 5.74) is 1.00. The van der Waals surface area contributed by atoms with E-state index in [9.17, 15) is 5.11 Å². The molecule has 1 fully saturated rings. The molecule has 3 nitrogen and oxygen atoms in total. The molecule has 1 aliphatic carbocycles. The second kappa shape index (κ2) is 5.05. The Morgan fingerprint density at radius 3 is 2.65 bits per heavy atom. The molecule has 94 valence electrons. The molecule has 0 bridgehead atoms. The summed E-state index contributed by atoms with van der Waals surface area (Å²) in [6.45, 7) is 4.50. The molecule has 0 aromatic carbocycles. The SMILES string of the molecule is Cc1ccc(NC2(CO)CCC(C)CC2)nc1. The summed E-state index contributed by atoms with van der Waals surface area (Å²) in [6, 6.07) is 4.04. The van der Waals surface area contributed by atoms with Crippen LogP contribution < -0.4 is 5.32 Å². The third-order valence-electron chi connectivity index (χ3n) is 3.84. The van der Waals surface area contributed by atoms with Gasteiger partial charge in [-0.15, -0.1) is 0 Å². The van der Waals surface area contributed by atoms with Crippen molar-refractivity contribution in [3.05, 3.63) is 23.9 Å². The number of aromatic nitrogens is 1. The van der Waals surface area contributed by atoms with Crippen LogP contribution in [0, 0.1) is 12.8 Å². The van der Waals surface area contributed by atoms with Crippen LogP contribution in [0.15, 0.2) is 18.3 Å². The molecular weight excluding hydrogens is 212 g/mol. The van der Waals surface area contributed by atoms with Crippen LogP contribution in [0.4, 0.5) is 5.82 Å². The number of nitrogens with zero attached hydrogens (tertiary/aromatic N) is 1. The summed E-state index contributed by atoms with van der Waals surface area (Å²) >= 11 is 0. The molecule has 1 aromatic rings. The van der Waals surface area contributed by atoms with Crippen LogP contribution >= 0.6 is 0 Å². The summed E-state index contributed by atoms with van der Waals surface area (Å²) in [6.07, 6.45) is 6.28. The van der Waals surface area contributed by atoms with Gasteiger partial charge in [-0.1, -0.05) is 13.0 Å². The summed E-state index contributed by atoms with van der Waals surface area (Å²) in [5.74, 6) is 1.65. The second-order valence-electron chi connectivity index (χ2n) is 5.47. The van der Waals surface area contributed by atoms with Crippen molar-refractivity contribution in [1.82, 2.24) is 4.98 Å². The van der Waals surface area contributed by atoms with Crippen LogP contribution in [0.2, 0.25) is 0 Å². The summed E-state index contributed by atoms with van der Waals surface area (Å²) in [5, 5.41) is 13.1. The molecule has 0 aliphatic heterocycles. The van der Waals surface area contributed by atoms with Crippen molar-refractivity contribution in [2.45, 2.75) is 45.1 Å². The minimum atomic E-state index is -0.158. The smallest absolute Gasteiger partial charge is 0.126 e. The number of pyridine rings is 1. The van der Waals surface area contributed by atoms with Gasteiger partial charge in [0.05, 0.1) is 12.1 Å². The standard InChI is InChI=1S/C14H22N2O/c1-11-5-7-14(10-17,8-6-11)16-13-4-3-12(2)9-15-13/h3-4,9,11,17H,5-8,10H2,1-2H3,(H,15,16). The molecule has 1 aliphatic rings. The Labute approximate surface area is 103 Å². The average Bonchev–Trinajstić information content (AvgIpc) is 2.35. The first-order valence-electron chi connectivity index (χ1n) is 6.45. The van der Waals surface area contributed by atoms with Crippen molar-refractivity contribution in [1.29, 1.82) is 0 Å². The molecule has 3 heteroatoms. The van der Waals surface area contributed by atoms with Crippen molar-refractivity contribution in [2.24, 2.45) is 5.92 Å². The predicted molar refractivity (Wildman–Crippen MR) is 70.0 cm³/mol. The van der Waals surface area contributed by atoms with E-state index in [0.29, 0.717) is 0 Å². The van der Waals surface area contributed by atoms with Gasteiger partial charge in [-0.25, -0.2) is 4.98 Å². The maximum absolute atomic E-state index is 9.65. The monoisotopic (exact) mass is 234 g/mol. The lowest BCUT2D eigenvalue weighted by molar-refractivity contribution is 0.155. The van der Waals surface area contributed by atoms with Gasteiger partial charge < -0.3 is 10.4 Å². The van der Waals surface area contributed by atoms with E-state index in [1.807, 2.05) is 25.3 Å². The Balaban J connectivity index is 2.06. The van der Waals surface area contributed by atoms with Crippen molar-refractivity contribution in [3.63, 3.8) is 0 Å². The largest absolute Gasteiger partial charge is 0.394 e. The Morgan fingerprint density at radius 1 is 1.41 bits per heavy atom. The highest BCUT2D eigenvalue weighted by atomic mass is 16.3. The maximum Gasteiger partial charge on any atom is 0.126 e. The van der Waals surface area contributed by atoms with Gasteiger partial charge in [-0.2, -0.15) is 0 Å². The first-order valence-corrected chi connectivity index (χ1v) is 6.45. The van der Waals surface area contributed by atoms with E-state index >= 15 is 0 Å². The molecule has 17 heavy (non-hydrogen) atoms. The van der Waals surface area contributed by atoms with Crippen LogP contribution in [-0.4, -0.2) is 22.2 Å². The first kappa shape index (κ1) is 12.4. The van der Waals surface area contributed by atoms with Crippen LogP contribution in [0.5, 0.6) is 0 Å². The zero-order valence-corrected chi connectivity index (χ0v) is 10.7. The van der Waals surface area contributed by atoms with Crippen molar-refractivity contribution >= 4 is 5.82 Å². The van der Waals surface area contributed by atoms with Crippen LogP contribution in [0.25, 0.3) is 0 Å². The summed E-state index contributed by atoms with van der Waals surface area (Å²) in [7, 11) is 0. The fraction of sp³-hybridized carbons (Fsp3) is 0.643. The fourth-order valence-corrected chi connectivity index (χ4v) is 2.45.